The Kier molecular flexibility index (Phi) is 2.97. The van der Waals surface area contributed by atoms with Gasteiger partial charge in [-0.3, -0.25) is 0 Å². The minimum absolute atomic E-state index is 0.148. The van der Waals surface area contributed by atoms with Crippen molar-refractivity contribution in [3.63, 3.8) is 0 Å². The molecule has 6 heteroatoms. The van der Waals surface area contributed by atoms with Crippen molar-refractivity contribution in [2.45, 2.75) is 25.8 Å². The number of nitrogen functional groups attached to an aromatic ring is 1. The van der Waals surface area contributed by atoms with E-state index < -0.39 is 25.5 Å². The summed E-state index contributed by atoms with van der Waals surface area (Å²) in [5.74, 6) is -0.148. The van der Waals surface area contributed by atoms with E-state index in [1.165, 1.54) is 0 Å². The molecule has 1 rings (SSSR count). The Morgan fingerprint density at radius 2 is 1.69 bits per heavy atom. The fraction of sp³-hybridized carbons (Fsp3) is 0.400. The van der Waals surface area contributed by atoms with E-state index in [1.807, 2.05) is 19.6 Å². The van der Waals surface area contributed by atoms with Crippen molar-refractivity contribution in [3.8, 4) is 5.75 Å². The number of phenolic OH excluding ortho intramolecular Hbond substituents is 1. The van der Waals surface area contributed by atoms with Gasteiger partial charge in [0.1, 0.15) is 5.75 Å². The summed E-state index contributed by atoms with van der Waals surface area (Å²) < 4.78 is 37.8. The summed E-state index contributed by atoms with van der Waals surface area (Å²) in [5.41, 5.74) is 3.94. The zero-order valence-corrected chi connectivity index (χ0v) is 10.3. The van der Waals surface area contributed by atoms with Crippen LogP contribution in [0.1, 0.15) is 5.56 Å². The summed E-state index contributed by atoms with van der Waals surface area (Å²) >= 11 is 0. The molecule has 1 aromatic rings. The molecule has 0 fully saturated rings. The molecule has 0 radical (unpaired) electrons. The van der Waals surface area contributed by atoms with E-state index in [0.717, 1.165) is 12.1 Å². The van der Waals surface area contributed by atoms with Crippen molar-refractivity contribution >= 4 is 18.9 Å². The van der Waals surface area contributed by atoms with Crippen LogP contribution in [0.5, 0.6) is 5.75 Å². The van der Waals surface area contributed by atoms with Crippen molar-refractivity contribution in [2.24, 2.45) is 0 Å². The van der Waals surface area contributed by atoms with Gasteiger partial charge in [0.05, 0.1) is 13.6 Å². The lowest BCUT2D eigenvalue weighted by atomic mass is 10.1. The molecule has 0 unspecified atom stereocenters. The summed E-state index contributed by atoms with van der Waals surface area (Å²) in [6, 6.07) is 1.95. The molecule has 0 saturated heterocycles. The highest BCUT2D eigenvalue weighted by atomic mass is 28.3. The molecule has 0 aliphatic heterocycles. The molecule has 90 valence electrons. The van der Waals surface area contributed by atoms with Crippen LogP contribution >= 0.6 is 0 Å². The first-order valence-corrected chi connectivity index (χ1v) is 8.23. The van der Waals surface area contributed by atoms with Gasteiger partial charge in [-0.1, -0.05) is 19.6 Å². The Bertz CT molecular complexity index is 375. The third-order valence-corrected chi connectivity index (χ3v) is 4.30. The minimum atomic E-state index is -4.48. The van der Waals surface area contributed by atoms with Crippen LogP contribution < -0.4 is 10.9 Å². The number of benzene rings is 1. The summed E-state index contributed by atoms with van der Waals surface area (Å²) in [4.78, 5) is 0. The van der Waals surface area contributed by atoms with Gasteiger partial charge in [0, 0.05) is 11.8 Å². The van der Waals surface area contributed by atoms with Crippen LogP contribution in [0.15, 0.2) is 12.1 Å². The quantitative estimate of drug-likeness (QED) is 0.593. The van der Waals surface area contributed by atoms with Crippen molar-refractivity contribution in [1.82, 2.24) is 0 Å². The van der Waals surface area contributed by atoms with Gasteiger partial charge in [-0.2, -0.15) is 13.2 Å². The number of nitrogens with two attached hydrogens (primary N) is 1. The van der Waals surface area contributed by atoms with Crippen LogP contribution in [-0.2, 0) is 6.18 Å². The first-order valence-electron chi connectivity index (χ1n) is 4.73. The van der Waals surface area contributed by atoms with Crippen LogP contribution in [0, 0.1) is 0 Å². The molecule has 0 aromatic heterocycles. The Hall–Kier alpha value is -1.17. The van der Waals surface area contributed by atoms with Crippen LogP contribution in [0.2, 0.25) is 19.6 Å². The Labute approximate surface area is 92.9 Å². The number of rotatable bonds is 1. The number of phenols is 1. The molecule has 2 nitrogen and oxygen atoms in total. The van der Waals surface area contributed by atoms with Crippen LogP contribution in [0.4, 0.5) is 18.9 Å². The van der Waals surface area contributed by atoms with Crippen LogP contribution in [0.25, 0.3) is 0 Å². The maximum absolute atomic E-state index is 12.6. The number of anilines is 1. The molecule has 0 saturated carbocycles. The van der Waals surface area contributed by atoms with Gasteiger partial charge in [-0.15, -0.1) is 0 Å². The zero-order chi connectivity index (χ0) is 12.7. The zero-order valence-electron chi connectivity index (χ0n) is 9.31. The second-order valence-electron chi connectivity index (χ2n) is 4.70. The van der Waals surface area contributed by atoms with Crippen molar-refractivity contribution in [1.29, 1.82) is 0 Å². The molecule has 16 heavy (non-hydrogen) atoms. The standard InChI is InChI=1S/C10H14F3NOSi/c1-16(2,3)9-4-6(10(11,12)13)7(14)5-8(9)15/h4-5,15H,14H2,1-3H3. The smallest absolute Gasteiger partial charge is 0.418 e. The van der Waals surface area contributed by atoms with Gasteiger partial charge in [0.15, 0.2) is 0 Å². The third-order valence-electron chi connectivity index (χ3n) is 2.28. The molecule has 3 N–H and O–H groups in total. The van der Waals surface area contributed by atoms with E-state index in [-0.39, 0.29) is 5.75 Å². The molecule has 0 aliphatic rings. The van der Waals surface area contributed by atoms with Crippen molar-refractivity contribution in [3.05, 3.63) is 17.7 Å². The lowest BCUT2D eigenvalue weighted by Crippen LogP contribution is -2.38. The average Bonchev–Trinajstić information content (AvgIpc) is 1.97. The SMILES string of the molecule is C[Si](C)(C)c1cc(C(F)(F)F)c(N)cc1O. The largest absolute Gasteiger partial charge is 0.508 e. The molecule has 0 bridgehead atoms. The monoisotopic (exact) mass is 249 g/mol. The Morgan fingerprint density at radius 1 is 1.19 bits per heavy atom. The predicted molar refractivity (Wildman–Crippen MR) is 60.5 cm³/mol. The molecular weight excluding hydrogens is 235 g/mol. The number of hydrogen-bond acceptors (Lipinski definition) is 2. The Morgan fingerprint density at radius 3 is 2.06 bits per heavy atom. The fourth-order valence-electron chi connectivity index (χ4n) is 1.45. The van der Waals surface area contributed by atoms with Gasteiger partial charge in [-0.25, -0.2) is 0 Å². The maximum Gasteiger partial charge on any atom is 0.418 e. The highest BCUT2D eigenvalue weighted by molar-refractivity contribution is 6.89. The molecule has 1 aromatic carbocycles. The van der Waals surface area contributed by atoms with E-state index in [1.54, 1.807) is 0 Å². The van der Waals surface area contributed by atoms with Crippen LogP contribution in [-0.4, -0.2) is 13.2 Å². The van der Waals surface area contributed by atoms with Gasteiger partial charge >= 0.3 is 6.18 Å². The van der Waals surface area contributed by atoms with Crippen molar-refractivity contribution < 1.29 is 18.3 Å². The van der Waals surface area contributed by atoms with E-state index >= 15 is 0 Å². The summed E-state index contributed by atoms with van der Waals surface area (Å²) in [5, 5.41) is 9.97. The lowest BCUT2D eigenvalue weighted by molar-refractivity contribution is -0.136. The Balaban J connectivity index is 3.45. The normalized spacial score (nSPS) is 12.9. The summed E-state index contributed by atoms with van der Waals surface area (Å²) in [7, 11) is -2.02. The minimum Gasteiger partial charge on any atom is -0.508 e. The van der Waals surface area contributed by atoms with E-state index in [4.69, 9.17) is 5.73 Å². The molecular formula is C10H14F3NOSi. The van der Waals surface area contributed by atoms with Gasteiger partial charge in [0.25, 0.3) is 0 Å². The van der Waals surface area contributed by atoms with Crippen LogP contribution in [0.3, 0.4) is 0 Å². The summed E-state index contributed by atoms with van der Waals surface area (Å²) in [6.45, 7) is 5.58. The molecule has 0 amide bonds. The molecule has 0 aliphatic carbocycles. The second-order valence-corrected chi connectivity index (χ2v) is 9.74. The van der Waals surface area contributed by atoms with Gasteiger partial charge in [-0.05, 0) is 11.3 Å². The first-order chi connectivity index (χ1) is 7.03. The van der Waals surface area contributed by atoms with E-state index in [2.05, 4.69) is 0 Å². The van der Waals surface area contributed by atoms with E-state index in [9.17, 15) is 18.3 Å². The summed E-state index contributed by atoms with van der Waals surface area (Å²) in [6.07, 6.45) is -4.48. The van der Waals surface area contributed by atoms with Crippen molar-refractivity contribution in [2.75, 3.05) is 5.73 Å². The fourth-order valence-corrected chi connectivity index (χ4v) is 2.87. The topological polar surface area (TPSA) is 46.2 Å². The van der Waals surface area contributed by atoms with Gasteiger partial charge < -0.3 is 10.8 Å². The number of alkyl halides is 3. The van der Waals surface area contributed by atoms with Gasteiger partial charge in [0.2, 0.25) is 0 Å². The van der Waals surface area contributed by atoms with E-state index in [0.29, 0.717) is 5.19 Å². The average molecular weight is 249 g/mol. The molecule has 0 spiro atoms. The number of halogens is 3. The highest BCUT2D eigenvalue weighted by Gasteiger charge is 2.35. The maximum atomic E-state index is 12.6. The highest BCUT2D eigenvalue weighted by Crippen LogP contribution is 2.35. The second kappa shape index (κ2) is 3.69. The number of aromatic hydroxyl groups is 1. The number of hydrogen-bond donors (Lipinski definition) is 2. The lowest BCUT2D eigenvalue weighted by Gasteiger charge is -2.21. The predicted octanol–water partition coefficient (Wildman–Crippen LogP) is 2.54. The molecule has 0 heterocycles. The molecule has 0 atom stereocenters. The first kappa shape index (κ1) is 12.9. The third kappa shape index (κ3) is 2.49.